The Kier molecular flexibility index (Phi) is 5.63. The Morgan fingerprint density at radius 1 is 0.677 bits per heavy atom. The summed E-state index contributed by atoms with van der Waals surface area (Å²) in [7, 11) is 0. The molecule has 0 radical (unpaired) electrons. The molecule has 3 aromatic rings. The third-order valence-electron chi connectivity index (χ3n) is 4.34. The minimum atomic E-state index is -0.960. The zero-order chi connectivity index (χ0) is 22.3. The number of thioether (sulfide) groups is 2. The highest BCUT2D eigenvalue weighted by molar-refractivity contribution is 8.08. The molecule has 0 fully saturated rings. The molecule has 0 amide bonds. The fourth-order valence-corrected chi connectivity index (χ4v) is 4.97. The summed E-state index contributed by atoms with van der Waals surface area (Å²) in [6.07, 6.45) is 0. The molecule has 1 aliphatic rings. The van der Waals surface area contributed by atoms with Crippen molar-refractivity contribution in [2.24, 2.45) is 0 Å². The number of benzene rings is 3. The Labute approximate surface area is 181 Å². The van der Waals surface area contributed by atoms with Crippen LogP contribution in [-0.4, -0.2) is 16.7 Å². The zero-order valence-corrected chi connectivity index (χ0v) is 16.9. The van der Waals surface area contributed by atoms with E-state index in [0.717, 1.165) is 24.3 Å². The largest absolute Gasteiger partial charge is 0.507 e. The molecular weight excluding hydrogens is 452 g/mol. The fourth-order valence-electron chi connectivity index (χ4n) is 2.93. The van der Waals surface area contributed by atoms with Crippen molar-refractivity contribution < 1.29 is 32.3 Å². The van der Waals surface area contributed by atoms with Gasteiger partial charge >= 0.3 is 0 Å². The predicted molar refractivity (Wildman–Crippen MR) is 108 cm³/mol. The van der Waals surface area contributed by atoms with Crippen LogP contribution in [0.1, 0.15) is 20.7 Å². The predicted octanol–water partition coefficient (Wildman–Crippen LogP) is 6.12. The molecular formula is C22H10F4O3S2. The Morgan fingerprint density at radius 3 is 1.71 bits per heavy atom. The minimum absolute atomic E-state index is 0.0982. The van der Waals surface area contributed by atoms with Gasteiger partial charge in [-0.25, -0.2) is 17.6 Å². The van der Waals surface area contributed by atoms with Crippen LogP contribution >= 0.6 is 23.5 Å². The molecule has 0 saturated heterocycles. The van der Waals surface area contributed by atoms with E-state index in [-0.39, 0.29) is 30.7 Å². The SMILES string of the molecule is O=C1C(Sc2ccc(F)cc2F)=C(Sc2ccc(F)cc2F)C(=O)c2c(O)cccc21. The molecule has 0 atom stereocenters. The lowest BCUT2D eigenvalue weighted by Gasteiger charge is -2.21. The summed E-state index contributed by atoms with van der Waals surface area (Å²) in [5, 5.41) is 10.1. The molecule has 0 heterocycles. The average molecular weight is 462 g/mol. The molecule has 0 aromatic heterocycles. The molecule has 0 spiro atoms. The molecule has 1 aliphatic carbocycles. The first-order valence-corrected chi connectivity index (χ1v) is 10.3. The summed E-state index contributed by atoms with van der Waals surface area (Å²) in [4.78, 5) is 25.5. The van der Waals surface area contributed by atoms with Crippen LogP contribution in [0, 0.1) is 23.3 Å². The van der Waals surface area contributed by atoms with Crippen molar-refractivity contribution in [3.8, 4) is 5.75 Å². The number of carbonyl (C=O) groups is 2. The van der Waals surface area contributed by atoms with Crippen LogP contribution in [0.2, 0.25) is 0 Å². The van der Waals surface area contributed by atoms with Gasteiger partial charge in [-0.2, -0.15) is 0 Å². The number of carbonyl (C=O) groups excluding carboxylic acids is 2. The summed E-state index contributed by atoms with van der Waals surface area (Å²) in [6, 6.07) is 9.36. The van der Waals surface area contributed by atoms with Crippen LogP contribution in [0.15, 0.2) is 74.2 Å². The number of ketones is 2. The van der Waals surface area contributed by atoms with Gasteiger partial charge in [0, 0.05) is 27.5 Å². The smallest absolute Gasteiger partial charge is 0.205 e. The minimum Gasteiger partial charge on any atom is -0.507 e. The monoisotopic (exact) mass is 462 g/mol. The number of fused-ring (bicyclic) bond motifs is 1. The van der Waals surface area contributed by atoms with E-state index in [1.54, 1.807) is 0 Å². The van der Waals surface area contributed by atoms with Crippen molar-refractivity contribution in [1.82, 2.24) is 0 Å². The maximum atomic E-state index is 14.2. The zero-order valence-electron chi connectivity index (χ0n) is 15.3. The van der Waals surface area contributed by atoms with Crippen molar-refractivity contribution in [3.05, 3.63) is 98.8 Å². The Morgan fingerprint density at radius 2 is 1.19 bits per heavy atom. The van der Waals surface area contributed by atoms with E-state index in [0.29, 0.717) is 35.7 Å². The number of phenols is 1. The van der Waals surface area contributed by atoms with Gasteiger partial charge in [0.25, 0.3) is 0 Å². The maximum Gasteiger partial charge on any atom is 0.205 e. The van der Waals surface area contributed by atoms with Gasteiger partial charge in [0.1, 0.15) is 29.0 Å². The van der Waals surface area contributed by atoms with Crippen LogP contribution in [0.5, 0.6) is 5.75 Å². The molecule has 0 bridgehead atoms. The Balaban J connectivity index is 1.88. The van der Waals surface area contributed by atoms with E-state index in [1.165, 1.54) is 18.2 Å². The summed E-state index contributed by atoms with van der Waals surface area (Å²) >= 11 is 1.15. The first kappa shape index (κ1) is 21.2. The van der Waals surface area contributed by atoms with Crippen LogP contribution in [-0.2, 0) is 0 Å². The molecule has 9 heteroatoms. The van der Waals surface area contributed by atoms with Gasteiger partial charge in [0.15, 0.2) is 0 Å². The Hall–Kier alpha value is -3.04. The first-order chi connectivity index (χ1) is 14.8. The van der Waals surface area contributed by atoms with Crippen LogP contribution in [0.25, 0.3) is 0 Å². The second-order valence-electron chi connectivity index (χ2n) is 6.37. The third-order valence-corrected chi connectivity index (χ3v) is 6.76. The average Bonchev–Trinajstić information content (AvgIpc) is 2.71. The number of halogens is 4. The van der Waals surface area contributed by atoms with E-state index < -0.39 is 40.6 Å². The molecule has 1 N–H and O–H groups in total. The lowest BCUT2D eigenvalue weighted by Crippen LogP contribution is -2.20. The fraction of sp³-hybridized carbons (Fsp3) is 0. The summed E-state index contributed by atoms with van der Waals surface area (Å²) in [5.74, 6) is -5.45. The number of Topliss-reactive ketones (excluding diaryl/α,β-unsaturated/α-hetero) is 2. The molecule has 31 heavy (non-hydrogen) atoms. The summed E-state index contributed by atoms with van der Waals surface area (Å²) < 4.78 is 55.0. The Bertz CT molecular complexity index is 1290. The number of allylic oxidation sites excluding steroid dienone is 2. The summed E-state index contributed by atoms with van der Waals surface area (Å²) in [6.45, 7) is 0. The van der Waals surface area contributed by atoms with E-state index >= 15 is 0 Å². The van der Waals surface area contributed by atoms with Crippen molar-refractivity contribution in [3.63, 3.8) is 0 Å². The van der Waals surface area contributed by atoms with Crippen LogP contribution in [0.4, 0.5) is 17.6 Å². The topological polar surface area (TPSA) is 54.4 Å². The van der Waals surface area contributed by atoms with Gasteiger partial charge < -0.3 is 5.11 Å². The van der Waals surface area contributed by atoms with E-state index in [4.69, 9.17) is 0 Å². The number of phenolic OH excluding ortho intramolecular Hbond substituents is 1. The van der Waals surface area contributed by atoms with Crippen LogP contribution in [0.3, 0.4) is 0 Å². The molecule has 3 nitrogen and oxygen atoms in total. The standard InChI is InChI=1S/C22H10F4O3S2/c23-10-4-6-16(13(25)8-10)30-21-19(28)12-2-1-3-15(27)18(12)20(29)22(21)31-17-7-5-11(24)9-14(17)26/h1-9,27H. The molecule has 0 unspecified atom stereocenters. The van der Waals surface area contributed by atoms with Gasteiger partial charge in [-0.15, -0.1) is 0 Å². The number of hydrogen-bond acceptors (Lipinski definition) is 5. The molecule has 0 aliphatic heterocycles. The van der Waals surface area contributed by atoms with Crippen molar-refractivity contribution in [2.75, 3.05) is 0 Å². The van der Waals surface area contributed by atoms with Gasteiger partial charge in [0.2, 0.25) is 11.6 Å². The first-order valence-electron chi connectivity index (χ1n) is 8.67. The van der Waals surface area contributed by atoms with Crippen molar-refractivity contribution >= 4 is 35.1 Å². The van der Waals surface area contributed by atoms with Gasteiger partial charge in [0.05, 0.1) is 15.4 Å². The van der Waals surface area contributed by atoms with E-state index in [2.05, 4.69) is 0 Å². The second kappa shape index (κ2) is 8.24. The lowest BCUT2D eigenvalue weighted by molar-refractivity contribution is 0.0986. The molecule has 0 saturated carbocycles. The van der Waals surface area contributed by atoms with E-state index in [9.17, 15) is 32.3 Å². The van der Waals surface area contributed by atoms with Gasteiger partial charge in [-0.3, -0.25) is 9.59 Å². The molecule has 156 valence electrons. The van der Waals surface area contributed by atoms with Crippen LogP contribution < -0.4 is 0 Å². The molecule has 4 rings (SSSR count). The number of rotatable bonds is 4. The quantitative estimate of drug-likeness (QED) is 0.473. The molecule has 3 aromatic carbocycles. The van der Waals surface area contributed by atoms with Gasteiger partial charge in [-0.1, -0.05) is 29.6 Å². The maximum absolute atomic E-state index is 14.2. The highest BCUT2D eigenvalue weighted by Crippen LogP contribution is 2.46. The normalized spacial score (nSPS) is 13.5. The third kappa shape index (κ3) is 3.98. The van der Waals surface area contributed by atoms with Crippen molar-refractivity contribution in [1.29, 1.82) is 0 Å². The lowest BCUT2D eigenvalue weighted by atomic mass is 9.93. The summed E-state index contributed by atoms with van der Waals surface area (Å²) in [5.41, 5.74) is -0.361. The highest BCUT2D eigenvalue weighted by atomic mass is 32.2. The van der Waals surface area contributed by atoms with E-state index in [1.807, 2.05) is 0 Å². The number of hydrogen-bond donors (Lipinski definition) is 1. The van der Waals surface area contributed by atoms with Gasteiger partial charge in [-0.05, 0) is 36.4 Å². The second-order valence-corrected chi connectivity index (χ2v) is 8.47. The number of aromatic hydroxyl groups is 1. The van der Waals surface area contributed by atoms with Crippen molar-refractivity contribution in [2.45, 2.75) is 9.79 Å². The highest BCUT2D eigenvalue weighted by Gasteiger charge is 2.36.